The van der Waals surface area contributed by atoms with E-state index in [1.165, 1.54) is 50.0 Å². The third kappa shape index (κ3) is 4.61. The van der Waals surface area contributed by atoms with Crippen LogP contribution in [0.15, 0.2) is 18.2 Å². The predicted octanol–water partition coefficient (Wildman–Crippen LogP) is 2.87. The molecule has 0 saturated carbocycles. The van der Waals surface area contributed by atoms with Crippen LogP contribution >= 0.6 is 0 Å². The number of hydrogen-bond acceptors (Lipinski definition) is 4. The standard InChI is InChI=1S/C19H31N3O/c1-2-23-19-15-17(16-21-11-5-3-4-6-12-21)7-8-18(19)22-13-9-20-10-14-22/h7-8,15,20H,2-6,9-14,16H2,1H3. The van der Waals surface area contributed by atoms with Crippen molar-refractivity contribution in [2.75, 3.05) is 50.8 Å². The van der Waals surface area contributed by atoms with E-state index in [9.17, 15) is 0 Å². The molecule has 2 heterocycles. The normalized spacial score (nSPS) is 20.3. The van der Waals surface area contributed by atoms with Gasteiger partial charge in [-0.05, 0) is 50.6 Å². The van der Waals surface area contributed by atoms with Crippen LogP contribution in [-0.4, -0.2) is 50.8 Å². The van der Waals surface area contributed by atoms with Gasteiger partial charge in [-0.15, -0.1) is 0 Å². The summed E-state index contributed by atoms with van der Waals surface area (Å²) < 4.78 is 5.96. The molecule has 0 spiro atoms. The molecule has 0 aromatic heterocycles. The Morgan fingerprint density at radius 3 is 2.43 bits per heavy atom. The largest absolute Gasteiger partial charge is 0.492 e. The summed E-state index contributed by atoms with van der Waals surface area (Å²) in [6, 6.07) is 6.83. The van der Waals surface area contributed by atoms with E-state index >= 15 is 0 Å². The fourth-order valence-corrected chi connectivity index (χ4v) is 3.65. The van der Waals surface area contributed by atoms with Crippen LogP contribution in [0.4, 0.5) is 5.69 Å². The van der Waals surface area contributed by atoms with Crippen molar-refractivity contribution in [3.05, 3.63) is 23.8 Å². The molecule has 0 atom stereocenters. The van der Waals surface area contributed by atoms with Crippen molar-refractivity contribution in [3.8, 4) is 5.75 Å². The van der Waals surface area contributed by atoms with E-state index in [0.717, 1.165) is 45.1 Å². The van der Waals surface area contributed by atoms with Crippen molar-refractivity contribution in [3.63, 3.8) is 0 Å². The second kappa shape index (κ2) is 8.55. The van der Waals surface area contributed by atoms with E-state index in [1.807, 2.05) is 0 Å². The third-order valence-corrected chi connectivity index (χ3v) is 4.89. The van der Waals surface area contributed by atoms with E-state index in [2.05, 4.69) is 40.2 Å². The minimum Gasteiger partial charge on any atom is -0.492 e. The average Bonchev–Trinajstić information content (AvgIpc) is 2.85. The molecule has 0 aliphatic carbocycles. The van der Waals surface area contributed by atoms with Gasteiger partial charge >= 0.3 is 0 Å². The zero-order valence-corrected chi connectivity index (χ0v) is 14.5. The average molecular weight is 317 g/mol. The molecule has 1 N–H and O–H groups in total. The Labute approximate surface area is 140 Å². The van der Waals surface area contributed by atoms with Crippen molar-refractivity contribution in [1.82, 2.24) is 10.2 Å². The van der Waals surface area contributed by atoms with Gasteiger partial charge in [-0.3, -0.25) is 4.90 Å². The molecule has 1 aromatic rings. The van der Waals surface area contributed by atoms with Crippen molar-refractivity contribution in [1.29, 1.82) is 0 Å². The minimum atomic E-state index is 0.728. The maximum Gasteiger partial charge on any atom is 0.142 e. The summed E-state index contributed by atoms with van der Waals surface area (Å²) in [6.07, 6.45) is 5.47. The summed E-state index contributed by atoms with van der Waals surface area (Å²) in [5.41, 5.74) is 2.64. The van der Waals surface area contributed by atoms with E-state index in [1.54, 1.807) is 0 Å². The Morgan fingerprint density at radius 1 is 1.00 bits per heavy atom. The number of rotatable bonds is 5. The SMILES string of the molecule is CCOc1cc(CN2CCCCCC2)ccc1N1CCNCC1. The lowest BCUT2D eigenvalue weighted by atomic mass is 10.1. The highest BCUT2D eigenvalue weighted by Crippen LogP contribution is 2.30. The number of hydrogen-bond donors (Lipinski definition) is 1. The van der Waals surface area contributed by atoms with Crippen molar-refractivity contribution >= 4 is 5.69 Å². The van der Waals surface area contributed by atoms with Gasteiger partial charge in [0.1, 0.15) is 5.75 Å². The summed E-state index contributed by atoms with van der Waals surface area (Å²) in [6.45, 7) is 10.6. The molecule has 2 aliphatic rings. The van der Waals surface area contributed by atoms with Crippen LogP contribution in [-0.2, 0) is 6.54 Å². The van der Waals surface area contributed by atoms with E-state index in [0.29, 0.717) is 0 Å². The zero-order chi connectivity index (χ0) is 15.9. The summed E-state index contributed by atoms with van der Waals surface area (Å²) >= 11 is 0. The molecular weight excluding hydrogens is 286 g/mol. The van der Waals surface area contributed by atoms with Gasteiger partial charge in [0, 0.05) is 32.7 Å². The second-order valence-electron chi connectivity index (χ2n) is 6.66. The number of piperazine rings is 1. The van der Waals surface area contributed by atoms with Crippen LogP contribution < -0.4 is 15.0 Å². The molecule has 4 nitrogen and oxygen atoms in total. The Hall–Kier alpha value is -1.26. The van der Waals surface area contributed by atoms with Crippen LogP contribution in [0.5, 0.6) is 5.75 Å². The molecule has 0 amide bonds. The summed E-state index contributed by atoms with van der Waals surface area (Å²) in [4.78, 5) is 5.04. The van der Waals surface area contributed by atoms with Gasteiger partial charge in [0.25, 0.3) is 0 Å². The number of likely N-dealkylation sites (tertiary alicyclic amines) is 1. The molecule has 2 aliphatic heterocycles. The molecule has 23 heavy (non-hydrogen) atoms. The molecule has 128 valence electrons. The zero-order valence-electron chi connectivity index (χ0n) is 14.5. The lowest BCUT2D eigenvalue weighted by Gasteiger charge is -2.31. The highest BCUT2D eigenvalue weighted by atomic mass is 16.5. The minimum absolute atomic E-state index is 0.728. The first-order valence-electron chi connectivity index (χ1n) is 9.30. The molecule has 1 aromatic carbocycles. The number of nitrogens with one attached hydrogen (secondary N) is 1. The van der Waals surface area contributed by atoms with Gasteiger partial charge in [-0.1, -0.05) is 18.9 Å². The highest BCUT2D eigenvalue weighted by Gasteiger charge is 2.16. The Morgan fingerprint density at radius 2 is 1.74 bits per heavy atom. The molecule has 0 unspecified atom stereocenters. The lowest BCUT2D eigenvalue weighted by Crippen LogP contribution is -2.43. The van der Waals surface area contributed by atoms with Crippen LogP contribution in [0, 0.1) is 0 Å². The summed E-state index contributed by atoms with van der Waals surface area (Å²) in [5.74, 6) is 1.06. The molecule has 0 bridgehead atoms. The summed E-state index contributed by atoms with van der Waals surface area (Å²) in [5, 5.41) is 3.42. The highest BCUT2D eigenvalue weighted by molar-refractivity contribution is 5.60. The van der Waals surface area contributed by atoms with Crippen LogP contribution in [0.2, 0.25) is 0 Å². The molecule has 3 rings (SSSR count). The molecule has 2 fully saturated rings. The van der Waals surface area contributed by atoms with Crippen molar-refractivity contribution in [2.24, 2.45) is 0 Å². The predicted molar refractivity (Wildman–Crippen MR) is 96.4 cm³/mol. The van der Waals surface area contributed by atoms with Gasteiger partial charge in [0.15, 0.2) is 0 Å². The molecule has 0 radical (unpaired) electrons. The monoisotopic (exact) mass is 317 g/mol. The smallest absolute Gasteiger partial charge is 0.142 e. The maximum absolute atomic E-state index is 5.96. The van der Waals surface area contributed by atoms with E-state index < -0.39 is 0 Å². The number of nitrogens with zero attached hydrogens (tertiary/aromatic N) is 2. The van der Waals surface area contributed by atoms with Crippen molar-refractivity contribution < 1.29 is 4.74 Å². The van der Waals surface area contributed by atoms with Gasteiger partial charge in [0.05, 0.1) is 12.3 Å². The maximum atomic E-state index is 5.96. The Balaban J connectivity index is 1.72. The molecule has 2 saturated heterocycles. The number of anilines is 1. The third-order valence-electron chi connectivity index (χ3n) is 4.89. The molecular formula is C19H31N3O. The van der Waals surface area contributed by atoms with E-state index in [-0.39, 0.29) is 0 Å². The quantitative estimate of drug-likeness (QED) is 0.904. The number of ether oxygens (including phenoxy) is 1. The first-order chi connectivity index (χ1) is 11.4. The van der Waals surface area contributed by atoms with Gasteiger partial charge in [-0.2, -0.15) is 0 Å². The van der Waals surface area contributed by atoms with Crippen LogP contribution in [0.1, 0.15) is 38.2 Å². The molecule has 4 heteroatoms. The first kappa shape index (κ1) is 16.6. The van der Waals surface area contributed by atoms with Crippen LogP contribution in [0.3, 0.4) is 0 Å². The lowest BCUT2D eigenvalue weighted by molar-refractivity contribution is 0.276. The Bertz CT molecular complexity index is 478. The van der Waals surface area contributed by atoms with Crippen LogP contribution in [0.25, 0.3) is 0 Å². The van der Waals surface area contributed by atoms with Crippen molar-refractivity contribution in [2.45, 2.75) is 39.2 Å². The topological polar surface area (TPSA) is 27.7 Å². The fourth-order valence-electron chi connectivity index (χ4n) is 3.65. The van der Waals surface area contributed by atoms with E-state index in [4.69, 9.17) is 4.74 Å². The summed E-state index contributed by atoms with van der Waals surface area (Å²) in [7, 11) is 0. The van der Waals surface area contributed by atoms with Gasteiger partial charge in [-0.25, -0.2) is 0 Å². The fraction of sp³-hybridized carbons (Fsp3) is 0.684. The van der Waals surface area contributed by atoms with Gasteiger partial charge in [0.2, 0.25) is 0 Å². The number of benzene rings is 1. The first-order valence-corrected chi connectivity index (χ1v) is 9.30. The van der Waals surface area contributed by atoms with Gasteiger partial charge < -0.3 is 15.0 Å². The Kier molecular flexibility index (Phi) is 6.17. The second-order valence-corrected chi connectivity index (χ2v) is 6.66.